The van der Waals surface area contributed by atoms with E-state index in [9.17, 15) is 18.8 Å². The lowest BCUT2D eigenvalue weighted by molar-refractivity contribution is -0.159. The summed E-state index contributed by atoms with van der Waals surface area (Å²) in [7, 11) is 1.73. The van der Waals surface area contributed by atoms with E-state index in [-0.39, 0.29) is 17.1 Å². The Bertz CT molecular complexity index is 1260. The van der Waals surface area contributed by atoms with Crippen molar-refractivity contribution in [3.8, 4) is 5.69 Å². The first-order valence-corrected chi connectivity index (χ1v) is 11.4. The summed E-state index contributed by atoms with van der Waals surface area (Å²) in [4.78, 5) is 39.2. The maximum atomic E-state index is 13.4. The number of amides is 1. The van der Waals surface area contributed by atoms with Gasteiger partial charge in [0, 0.05) is 7.05 Å². The zero-order valence-electron chi connectivity index (χ0n) is 19.5. The summed E-state index contributed by atoms with van der Waals surface area (Å²) in [5.74, 6) is -1.48. The molecular formula is C26H28FN3O4. The number of hydrogen-bond donors (Lipinski definition) is 1. The number of rotatable bonds is 6. The van der Waals surface area contributed by atoms with Gasteiger partial charge in [-0.2, -0.15) is 0 Å². The number of anilines is 1. The molecule has 1 aromatic heterocycles. The minimum Gasteiger partial charge on any atom is -0.452 e. The molecule has 4 rings (SSSR count). The third-order valence-electron chi connectivity index (χ3n) is 6.70. The van der Waals surface area contributed by atoms with Crippen LogP contribution < -0.4 is 10.9 Å². The molecule has 0 bridgehead atoms. The highest BCUT2D eigenvalue weighted by Gasteiger charge is 2.45. The first-order valence-electron chi connectivity index (χ1n) is 11.4. The van der Waals surface area contributed by atoms with E-state index < -0.39 is 23.4 Å². The van der Waals surface area contributed by atoms with E-state index in [0.29, 0.717) is 29.8 Å². The average Bonchev–Trinajstić information content (AvgIpc) is 3.41. The van der Waals surface area contributed by atoms with Gasteiger partial charge in [-0.1, -0.05) is 43.2 Å². The van der Waals surface area contributed by atoms with E-state index in [0.717, 1.165) is 12.8 Å². The van der Waals surface area contributed by atoms with Crippen molar-refractivity contribution in [3.05, 3.63) is 82.0 Å². The third-order valence-corrected chi connectivity index (χ3v) is 6.70. The van der Waals surface area contributed by atoms with Crippen LogP contribution in [0.5, 0.6) is 0 Å². The van der Waals surface area contributed by atoms with E-state index in [1.54, 1.807) is 42.9 Å². The molecule has 1 aliphatic carbocycles. The number of carbonyl (C=O) groups excluding carboxylic acids is 2. The molecule has 1 N–H and O–H groups in total. The summed E-state index contributed by atoms with van der Waals surface area (Å²) in [6.07, 6.45) is 1.72. The Labute approximate surface area is 197 Å². The Kier molecular flexibility index (Phi) is 6.41. The first-order chi connectivity index (χ1) is 16.2. The van der Waals surface area contributed by atoms with Crippen LogP contribution in [0.2, 0.25) is 0 Å². The maximum absolute atomic E-state index is 13.4. The van der Waals surface area contributed by atoms with E-state index >= 15 is 0 Å². The van der Waals surface area contributed by atoms with Crippen LogP contribution in [0.4, 0.5) is 10.1 Å². The lowest BCUT2D eigenvalue weighted by Gasteiger charge is -2.28. The van der Waals surface area contributed by atoms with E-state index in [1.807, 2.05) is 18.2 Å². The summed E-state index contributed by atoms with van der Waals surface area (Å²) < 4.78 is 22.1. The second-order valence-corrected chi connectivity index (χ2v) is 8.77. The maximum Gasteiger partial charge on any atom is 0.317 e. The Morgan fingerprint density at radius 1 is 1.06 bits per heavy atom. The molecule has 1 heterocycles. The number of nitrogens with zero attached hydrogens (tertiary/aromatic N) is 2. The fourth-order valence-electron chi connectivity index (χ4n) is 4.62. The van der Waals surface area contributed by atoms with Crippen molar-refractivity contribution in [1.29, 1.82) is 0 Å². The highest BCUT2D eigenvalue weighted by atomic mass is 19.1. The van der Waals surface area contributed by atoms with Crippen molar-refractivity contribution >= 4 is 17.6 Å². The molecule has 3 aromatic rings. The van der Waals surface area contributed by atoms with E-state index in [4.69, 9.17) is 4.74 Å². The van der Waals surface area contributed by atoms with Crippen molar-refractivity contribution in [2.75, 3.05) is 5.32 Å². The molecule has 8 heteroatoms. The predicted octanol–water partition coefficient (Wildman–Crippen LogP) is 4.01. The molecule has 1 fully saturated rings. The number of esters is 1. The van der Waals surface area contributed by atoms with Crippen LogP contribution in [0.25, 0.3) is 5.69 Å². The van der Waals surface area contributed by atoms with Gasteiger partial charge in [-0.3, -0.25) is 19.1 Å². The number of carbonyl (C=O) groups is 2. The van der Waals surface area contributed by atoms with Gasteiger partial charge in [-0.25, -0.2) is 9.07 Å². The molecule has 1 aliphatic rings. The molecule has 1 unspecified atom stereocenters. The Morgan fingerprint density at radius 3 is 2.29 bits per heavy atom. The van der Waals surface area contributed by atoms with Gasteiger partial charge in [0.1, 0.15) is 11.5 Å². The first kappa shape index (κ1) is 23.5. The van der Waals surface area contributed by atoms with Gasteiger partial charge >= 0.3 is 5.97 Å². The number of aromatic nitrogens is 2. The lowest BCUT2D eigenvalue weighted by Crippen LogP contribution is -2.40. The molecule has 0 saturated heterocycles. The second-order valence-electron chi connectivity index (χ2n) is 8.77. The quantitative estimate of drug-likeness (QED) is 0.558. The van der Waals surface area contributed by atoms with Crippen LogP contribution in [0.3, 0.4) is 0 Å². The van der Waals surface area contributed by atoms with E-state index in [2.05, 4.69) is 5.32 Å². The molecule has 1 amide bonds. The van der Waals surface area contributed by atoms with Crippen LogP contribution in [0.1, 0.15) is 43.9 Å². The highest BCUT2D eigenvalue weighted by Crippen LogP contribution is 2.42. The fraction of sp³-hybridized carbons (Fsp3) is 0.346. The Hall–Kier alpha value is -3.68. The predicted molar refractivity (Wildman–Crippen MR) is 126 cm³/mol. The summed E-state index contributed by atoms with van der Waals surface area (Å²) in [6.45, 7) is 3.21. The number of halogens is 1. The summed E-state index contributed by atoms with van der Waals surface area (Å²) >= 11 is 0. The summed E-state index contributed by atoms with van der Waals surface area (Å²) in [5.41, 5.74) is 0.781. The third kappa shape index (κ3) is 4.16. The van der Waals surface area contributed by atoms with Gasteiger partial charge in [0.05, 0.1) is 16.8 Å². The number of hydrogen-bond acceptors (Lipinski definition) is 4. The molecule has 2 aromatic carbocycles. The molecule has 1 atom stereocenters. The molecule has 178 valence electrons. The standard InChI is InChI=1S/C26H28FN3O4/c1-17-22(24(32)30(29(17)3)21-9-5-4-6-10-21)28-23(31)18(2)34-25(33)26(15-7-8-16-26)19-11-13-20(27)14-12-19/h4-6,9-14,18H,7-8,15-16H2,1-3H3,(H,28,31). The van der Waals surface area contributed by atoms with Crippen LogP contribution in [0, 0.1) is 12.7 Å². The van der Waals surface area contributed by atoms with Gasteiger partial charge in [0.25, 0.3) is 11.5 Å². The van der Waals surface area contributed by atoms with Crippen LogP contribution >= 0.6 is 0 Å². The van der Waals surface area contributed by atoms with Gasteiger partial charge in [-0.05, 0) is 56.5 Å². The lowest BCUT2D eigenvalue weighted by atomic mass is 9.79. The Morgan fingerprint density at radius 2 is 1.68 bits per heavy atom. The second kappa shape index (κ2) is 9.29. The topological polar surface area (TPSA) is 82.3 Å². The summed E-state index contributed by atoms with van der Waals surface area (Å²) in [5, 5.41) is 2.65. The molecule has 0 radical (unpaired) electrons. The Balaban J connectivity index is 1.53. The van der Waals surface area contributed by atoms with Crippen molar-refractivity contribution in [2.24, 2.45) is 7.05 Å². The molecular weight excluding hydrogens is 437 g/mol. The number of benzene rings is 2. The average molecular weight is 466 g/mol. The molecule has 0 spiro atoms. The number of para-hydroxylation sites is 1. The zero-order valence-corrected chi connectivity index (χ0v) is 19.5. The minimum absolute atomic E-state index is 0.133. The molecule has 7 nitrogen and oxygen atoms in total. The molecule has 1 saturated carbocycles. The largest absolute Gasteiger partial charge is 0.452 e. The highest BCUT2D eigenvalue weighted by molar-refractivity contribution is 5.96. The van der Waals surface area contributed by atoms with E-state index in [1.165, 1.54) is 23.7 Å². The van der Waals surface area contributed by atoms with Gasteiger partial charge in [0.2, 0.25) is 0 Å². The molecule has 34 heavy (non-hydrogen) atoms. The van der Waals surface area contributed by atoms with Crippen LogP contribution in [-0.2, 0) is 26.8 Å². The van der Waals surface area contributed by atoms with Crippen LogP contribution in [0.15, 0.2) is 59.4 Å². The van der Waals surface area contributed by atoms with Gasteiger partial charge in [0.15, 0.2) is 6.10 Å². The molecule has 0 aliphatic heterocycles. The monoisotopic (exact) mass is 465 g/mol. The normalized spacial score (nSPS) is 15.6. The van der Waals surface area contributed by atoms with Gasteiger partial charge in [-0.15, -0.1) is 0 Å². The smallest absolute Gasteiger partial charge is 0.317 e. The van der Waals surface area contributed by atoms with Gasteiger partial charge < -0.3 is 10.1 Å². The van der Waals surface area contributed by atoms with Crippen molar-refractivity contribution < 1.29 is 18.7 Å². The minimum atomic E-state index is -1.12. The SMILES string of the molecule is Cc1c(NC(=O)C(C)OC(=O)C2(c3ccc(F)cc3)CCCC2)c(=O)n(-c2ccccc2)n1C. The fourth-order valence-corrected chi connectivity index (χ4v) is 4.62. The van der Waals surface area contributed by atoms with Crippen molar-refractivity contribution in [1.82, 2.24) is 9.36 Å². The summed E-state index contributed by atoms with van der Waals surface area (Å²) in [6, 6.07) is 15.0. The van der Waals surface area contributed by atoms with Crippen molar-refractivity contribution in [3.63, 3.8) is 0 Å². The van der Waals surface area contributed by atoms with Crippen molar-refractivity contribution in [2.45, 2.75) is 51.0 Å². The van der Waals surface area contributed by atoms with Crippen LogP contribution in [-0.4, -0.2) is 27.3 Å². The number of ether oxygens (including phenoxy) is 1. The zero-order chi connectivity index (χ0) is 24.5. The number of nitrogens with one attached hydrogen (secondary N) is 1.